The van der Waals surface area contributed by atoms with Gasteiger partial charge in [-0.25, -0.2) is 4.79 Å². The van der Waals surface area contributed by atoms with Gasteiger partial charge in [0.05, 0.1) is 19.8 Å². The first kappa shape index (κ1) is 21.7. The van der Waals surface area contributed by atoms with Crippen LogP contribution < -0.4 is 20.1 Å². The summed E-state index contributed by atoms with van der Waals surface area (Å²) < 4.78 is 15.4. The van der Waals surface area contributed by atoms with Crippen LogP contribution in [0.3, 0.4) is 0 Å². The van der Waals surface area contributed by atoms with Crippen LogP contribution >= 0.6 is 0 Å². The maximum absolute atomic E-state index is 12.4. The van der Waals surface area contributed by atoms with E-state index in [-0.39, 0.29) is 25.0 Å². The van der Waals surface area contributed by atoms with E-state index in [0.29, 0.717) is 29.2 Å². The average molecular weight is 400 g/mol. The smallest absolute Gasteiger partial charge is 0.337 e. The summed E-state index contributed by atoms with van der Waals surface area (Å²) in [6.45, 7) is 2.48. The van der Waals surface area contributed by atoms with Crippen LogP contribution in [0, 0.1) is 0 Å². The van der Waals surface area contributed by atoms with Gasteiger partial charge < -0.3 is 24.8 Å². The molecule has 2 aromatic carbocycles. The van der Waals surface area contributed by atoms with Crippen LogP contribution in [0.2, 0.25) is 0 Å². The highest BCUT2D eigenvalue weighted by molar-refractivity contribution is 5.97. The number of carbonyl (C=O) groups is 3. The summed E-state index contributed by atoms with van der Waals surface area (Å²) in [4.78, 5) is 35.5. The Morgan fingerprint density at radius 2 is 1.69 bits per heavy atom. The van der Waals surface area contributed by atoms with Crippen molar-refractivity contribution >= 4 is 17.8 Å². The molecule has 8 heteroatoms. The molecule has 0 spiro atoms. The number of ether oxygens (including phenoxy) is 3. The van der Waals surface area contributed by atoms with E-state index in [1.807, 2.05) is 6.92 Å². The Labute approximate surface area is 169 Å². The molecule has 0 atom stereocenters. The molecular weight excluding hydrogens is 376 g/mol. The Hall–Kier alpha value is -3.55. The van der Waals surface area contributed by atoms with Crippen molar-refractivity contribution < 1.29 is 28.6 Å². The third kappa shape index (κ3) is 6.24. The first-order valence-electron chi connectivity index (χ1n) is 9.01. The maximum atomic E-state index is 12.4. The fourth-order valence-electron chi connectivity index (χ4n) is 2.52. The lowest BCUT2D eigenvalue weighted by Gasteiger charge is -2.12. The minimum Gasteiger partial charge on any atom is -0.493 e. The minimum absolute atomic E-state index is 0.114. The molecule has 2 aromatic rings. The molecule has 29 heavy (non-hydrogen) atoms. The van der Waals surface area contributed by atoms with Gasteiger partial charge in [0.2, 0.25) is 0 Å². The molecule has 8 nitrogen and oxygen atoms in total. The number of amides is 2. The van der Waals surface area contributed by atoms with E-state index in [1.165, 1.54) is 20.3 Å². The summed E-state index contributed by atoms with van der Waals surface area (Å²) in [6.07, 6.45) is 0. The van der Waals surface area contributed by atoms with E-state index in [1.54, 1.807) is 36.4 Å². The summed E-state index contributed by atoms with van der Waals surface area (Å²) in [5.74, 6) is -0.174. The number of esters is 1. The van der Waals surface area contributed by atoms with E-state index in [0.717, 1.165) is 5.56 Å². The monoisotopic (exact) mass is 400 g/mol. The average Bonchev–Trinajstić information content (AvgIpc) is 2.75. The molecule has 0 unspecified atom stereocenters. The van der Waals surface area contributed by atoms with Crippen molar-refractivity contribution in [2.45, 2.75) is 13.5 Å². The lowest BCUT2D eigenvalue weighted by molar-refractivity contribution is -0.123. The van der Waals surface area contributed by atoms with Crippen LogP contribution in [-0.2, 0) is 16.1 Å². The molecule has 0 saturated heterocycles. The molecule has 0 aliphatic rings. The summed E-state index contributed by atoms with van der Waals surface area (Å²) in [5, 5.41) is 5.43. The van der Waals surface area contributed by atoms with Crippen LogP contribution in [0.15, 0.2) is 42.5 Å². The largest absolute Gasteiger partial charge is 0.493 e. The topological polar surface area (TPSA) is 103 Å². The maximum Gasteiger partial charge on any atom is 0.337 e. The van der Waals surface area contributed by atoms with E-state index >= 15 is 0 Å². The van der Waals surface area contributed by atoms with Crippen LogP contribution in [-0.4, -0.2) is 45.2 Å². The summed E-state index contributed by atoms with van der Waals surface area (Å²) >= 11 is 0. The highest BCUT2D eigenvalue weighted by atomic mass is 16.5. The van der Waals surface area contributed by atoms with Gasteiger partial charge >= 0.3 is 5.97 Å². The summed E-state index contributed by atoms with van der Waals surface area (Å²) in [7, 11) is 2.78. The lowest BCUT2D eigenvalue weighted by atomic mass is 10.1. The van der Waals surface area contributed by atoms with Crippen molar-refractivity contribution in [3.8, 4) is 11.5 Å². The SMILES string of the molecule is CCNC(=O)COc1ccc(CNC(=O)c2cccc(C(=O)OC)c2)cc1OC. The van der Waals surface area contributed by atoms with Gasteiger partial charge in [0.15, 0.2) is 18.1 Å². The molecule has 0 radical (unpaired) electrons. The second-order valence-corrected chi connectivity index (χ2v) is 5.98. The number of rotatable bonds is 9. The molecule has 0 bridgehead atoms. The molecule has 2 amide bonds. The molecule has 2 rings (SSSR count). The number of likely N-dealkylation sites (N-methyl/N-ethyl adjacent to an activating group) is 1. The van der Waals surface area contributed by atoms with E-state index in [4.69, 9.17) is 9.47 Å². The zero-order valence-corrected chi connectivity index (χ0v) is 16.6. The highest BCUT2D eigenvalue weighted by Crippen LogP contribution is 2.28. The Balaban J connectivity index is 2.00. The van der Waals surface area contributed by atoms with Gasteiger partial charge in [-0.05, 0) is 42.8 Å². The number of hydrogen-bond acceptors (Lipinski definition) is 6. The Morgan fingerprint density at radius 3 is 2.38 bits per heavy atom. The van der Waals surface area contributed by atoms with Crippen molar-refractivity contribution in [1.29, 1.82) is 0 Å². The van der Waals surface area contributed by atoms with Gasteiger partial charge in [-0.2, -0.15) is 0 Å². The fourth-order valence-corrected chi connectivity index (χ4v) is 2.52. The van der Waals surface area contributed by atoms with Crippen molar-refractivity contribution in [3.63, 3.8) is 0 Å². The quantitative estimate of drug-likeness (QED) is 0.624. The Kier molecular flexibility index (Phi) is 8.02. The van der Waals surface area contributed by atoms with Gasteiger partial charge in [0.1, 0.15) is 0 Å². The number of benzene rings is 2. The molecule has 154 valence electrons. The standard InChI is InChI=1S/C21H24N2O6/c1-4-22-19(24)13-29-17-9-8-14(10-18(17)27-2)12-23-20(25)15-6-5-7-16(11-15)21(26)28-3/h5-11H,4,12-13H2,1-3H3,(H,22,24)(H,23,25). The van der Waals surface area contributed by atoms with Crippen molar-refractivity contribution in [2.75, 3.05) is 27.4 Å². The van der Waals surface area contributed by atoms with E-state index in [9.17, 15) is 14.4 Å². The van der Waals surface area contributed by atoms with Gasteiger partial charge in [0, 0.05) is 18.7 Å². The van der Waals surface area contributed by atoms with Crippen molar-refractivity contribution in [1.82, 2.24) is 10.6 Å². The number of methoxy groups -OCH3 is 2. The first-order valence-corrected chi connectivity index (χ1v) is 9.01. The fraction of sp³-hybridized carbons (Fsp3) is 0.286. The Bertz CT molecular complexity index is 881. The van der Waals surface area contributed by atoms with Gasteiger partial charge in [-0.1, -0.05) is 12.1 Å². The van der Waals surface area contributed by atoms with E-state index in [2.05, 4.69) is 15.4 Å². The first-order chi connectivity index (χ1) is 14.0. The van der Waals surface area contributed by atoms with Gasteiger partial charge in [0.25, 0.3) is 11.8 Å². The normalized spacial score (nSPS) is 10.0. The van der Waals surface area contributed by atoms with Crippen molar-refractivity contribution in [3.05, 3.63) is 59.2 Å². The summed E-state index contributed by atoms with van der Waals surface area (Å²) in [6, 6.07) is 11.4. The van der Waals surface area contributed by atoms with Crippen molar-refractivity contribution in [2.24, 2.45) is 0 Å². The predicted molar refractivity (Wildman–Crippen MR) is 106 cm³/mol. The third-order valence-corrected chi connectivity index (χ3v) is 3.96. The molecule has 0 fully saturated rings. The molecule has 0 aliphatic carbocycles. The van der Waals surface area contributed by atoms with E-state index < -0.39 is 5.97 Å². The number of nitrogens with one attached hydrogen (secondary N) is 2. The van der Waals surface area contributed by atoms with Gasteiger partial charge in [-0.3, -0.25) is 9.59 Å². The highest BCUT2D eigenvalue weighted by Gasteiger charge is 2.12. The van der Waals surface area contributed by atoms with Crippen LogP contribution in [0.4, 0.5) is 0 Å². The van der Waals surface area contributed by atoms with Crippen LogP contribution in [0.25, 0.3) is 0 Å². The third-order valence-electron chi connectivity index (χ3n) is 3.96. The van der Waals surface area contributed by atoms with Gasteiger partial charge in [-0.15, -0.1) is 0 Å². The lowest BCUT2D eigenvalue weighted by Crippen LogP contribution is -2.28. The number of carbonyl (C=O) groups excluding carboxylic acids is 3. The predicted octanol–water partition coefficient (Wildman–Crippen LogP) is 1.93. The second-order valence-electron chi connectivity index (χ2n) is 5.98. The Morgan fingerprint density at radius 1 is 0.931 bits per heavy atom. The zero-order chi connectivity index (χ0) is 21.2. The zero-order valence-electron chi connectivity index (χ0n) is 16.6. The molecular formula is C21H24N2O6. The molecule has 0 aliphatic heterocycles. The molecule has 0 aromatic heterocycles. The molecule has 2 N–H and O–H groups in total. The second kappa shape index (κ2) is 10.7. The molecule has 0 saturated carbocycles. The van der Waals surface area contributed by atoms with Crippen LogP contribution in [0.5, 0.6) is 11.5 Å². The van der Waals surface area contributed by atoms with Crippen LogP contribution in [0.1, 0.15) is 33.2 Å². The number of hydrogen-bond donors (Lipinski definition) is 2. The summed E-state index contributed by atoms with van der Waals surface area (Å²) in [5.41, 5.74) is 1.43. The minimum atomic E-state index is -0.507. The molecule has 0 heterocycles.